The minimum Gasteiger partial charge on any atom is -0.359 e. The number of hydrogen-bond donors (Lipinski definition) is 1. The number of halogens is 1. The summed E-state index contributed by atoms with van der Waals surface area (Å²) in [5, 5.41) is 4.64. The van der Waals surface area contributed by atoms with Crippen molar-refractivity contribution in [2.24, 2.45) is 5.92 Å². The summed E-state index contributed by atoms with van der Waals surface area (Å²) in [6.07, 6.45) is 4.92. The van der Waals surface area contributed by atoms with Gasteiger partial charge in [-0.3, -0.25) is 0 Å². The molecule has 1 fully saturated rings. The van der Waals surface area contributed by atoms with Crippen molar-refractivity contribution in [2.45, 2.75) is 31.7 Å². The smallest absolute Gasteiger partial charge is 0.184 e. The molecule has 0 radical (unpaired) electrons. The number of alkyl halides is 1. The van der Waals surface area contributed by atoms with E-state index in [2.05, 4.69) is 28.5 Å². The number of benzene rings is 1. The van der Waals surface area contributed by atoms with Crippen molar-refractivity contribution < 1.29 is 0 Å². The Morgan fingerprint density at radius 1 is 1.22 bits per heavy atom. The summed E-state index contributed by atoms with van der Waals surface area (Å²) in [6.45, 7) is 0. The van der Waals surface area contributed by atoms with Crippen LogP contribution in [0.4, 0.5) is 5.13 Å². The molecule has 1 aliphatic carbocycles. The highest BCUT2D eigenvalue weighted by molar-refractivity contribution is 7.22. The molecule has 0 aliphatic heterocycles. The molecule has 1 N–H and O–H groups in total. The van der Waals surface area contributed by atoms with Crippen molar-refractivity contribution in [3.63, 3.8) is 0 Å². The molecule has 1 aromatic carbocycles. The molecule has 96 valence electrons. The van der Waals surface area contributed by atoms with E-state index >= 15 is 0 Å². The van der Waals surface area contributed by atoms with Gasteiger partial charge < -0.3 is 5.32 Å². The third-order valence-electron chi connectivity index (χ3n) is 3.69. The van der Waals surface area contributed by atoms with Gasteiger partial charge in [0.2, 0.25) is 0 Å². The Hall–Kier alpha value is -0.800. The molecule has 0 bridgehead atoms. The Morgan fingerprint density at radius 2 is 2.00 bits per heavy atom. The van der Waals surface area contributed by atoms with Gasteiger partial charge in [-0.1, -0.05) is 23.5 Å². The van der Waals surface area contributed by atoms with E-state index in [0.29, 0.717) is 6.04 Å². The summed E-state index contributed by atoms with van der Waals surface area (Å²) in [4.78, 5) is 4.63. The number of hydrogen-bond acceptors (Lipinski definition) is 3. The molecule has 0 atom stereocenters. The van der Waals surface area contributed by atoms with Crippen molar-refractivity contribution in [1.82, 2.24) is 4.98 Å². The summed E-state index contributed by atoms with van der Waals surface area (Å²) in [5.74, 6) is 1.54. The van der Waals surface area contributed by atoms with Crippen LogP contribution < -0.4 is 5.32 Å². The summed E-state index contributed by atoms with van der Waals surface area (Å²) >= 11 is 7.66. The van der Waals surface area contributed by atoms with Gasteiger partial charge in [0, 0.05) is 11.9 Å². The quantitative estimate of drug-likeness (QED) is 0.837. The van der Waals surface area contributed by atoms with Gasteiger partial charge in [0.15, 0.2) is 5.13 Å². The van der Waals surface area contributed by atoms with Crippen LogP contribution in [-0.2, 0) is 0 Å². The molecule has 0 amide bonds. The van der Waals surface area contributed by atoms with E-state index in [1.165, 1.54) is 30.4 Å². The van der Waals surface area contributed by atoms with Gasteiger partial charge in [0.25, 0.3) is 0 Å². The molecule has 0 unspecified atom stereocenters. The monoisotopic (exact) mass is 280 g/mol. The van der Waals surface area contributed by atoms with Crippen LogP contribution in [0.2, 0.25) is 0 Å². The Balaban J connectivity index is 1.66. The fourth-order valence-electron chi connectivity index (χ4n) is 2.57. The lowest BCUT2D eigenvalue weighted by Crippen LogP contribution is -2.26. The highest BCUT2D eigenvalue weighted by Gasteiger charge is 2.21. The fourth-order valence-corrected chi connectivity index (χ4v) is 3.82. The van der Waals surface area contributed by atoms with E-state index < -0.39 is 0 Å². The minimum atomic E-state index is 0.574. The van der Waals surface area contributed by atoms with Gasteiger partial charge in [-0.05, 0) is 43.7 Å². The summed E-state index contributed by atoms with van der Waals surface area (Å²) in [7, 11) is 0. The van der Waals surface area contributed by atoms with Crippen LogP contribution in [0, 0.1) is 5.92 Å². The van der Waals surface area contributed by atoms with Crippen molar-refractivity contribution >= 4 is 38.3 Å². The maximum Gasteiger partial charge on any atom is 0.184 e. The number of thiazole rings is 1. The SMILES string of the molecule is ClCC1CCC(Nc2nc3ccccc3s2)CC1. The molecule has 4 heteroatoms. The normalized spacial score (nSPS) is 24.3. The lowest BCUT2D eigenvalue weighted by atomic mass is 9.87. The minimum absolute atomic E-state index is 0.574. The maximum absolute atomic E-state index is 5.91. The Bertz CT molecular complexity index is 484. The number of para-hydroxylation sites is 1. The van der Waals surface area contributed by atoms with E-state index in [0.717, 1.165) is 22.4 Å². The predicted octanol–water partition coefficient (Wildman–Crippen LogP) is 4.51. The van der Waals surface area contributed by atoms with Crippen LogP contribution in [0.1, 0.15) is 25.7 Å². The summed E-state index contributed by atoms with van der Waals surface area (Å²) < 4.78 is 1.26. The number of aromatic nitrogens is 1. The largest absolute Gasteiger partial charge is 0.359 e. The molecule has 1 heterocycles. The molecular formula is C14H17ClN2S. The maximum atomic E-state index is 5.91. The molecule has 2 aromatic rings. The van der Waals surface area contributed by atoms with Gasteiger partial charge in [-0.15, -0.1) is 11.6 Å². The first kappa shape index (κ1) is 12.2. The second-order valence-electron chi connectivity index (χ2n) is 5.00. The van der Waals surface area contributed by atoms with Crippen LogP contribution in [0.3, 0.4) is 0 Å². The lowest BCUT2D eigenvalue weighted by molar-refractivity contribution is 0.364. The van der Waals surface area contributed by atoms with Gasteiger partial charge in [0.05, 0.1) is 10.2 Å². The number of anilines is 1. The van der Waals surface area contributed by atoms with Crippen LogP contribution in [0.25, 0.3) is 10.2 Å². The van der Waals surface area contributed by atoms with Crippen molar-refractivity contribution in [1.29, 1.82) is 0 Å². The zero-order valence-corrected chi connectivity index (χ0v) is 11.8. The molecule has 0 spiro atoms. The van der Waals surface area contributed by atoms with Crippen LogP contribution >= 0.6 is 22.9 Å². The molecule has 18 heavy (non-hydrogen) atoms. The van der Waals surface area contributed by atoms with Crippen molar-refractivity contribution in [3.05, 3.63) is 24.3 Å². The van der Waals surface area contributed by atoms with Crippen LogP contribution in [0.5, 0.6) is 0 Å². The van der Waals surface area contributed by atoms with E-state index in [1.54, 1.807) is 11.3 Å². The average Bonchev–Trinajstić information content (AvgIpc) is 2.82. The molecule has 1 aliphatic rings. The highest BCUT2D eigenvalue weighted by Crippen LogP contribution is 2.30. The number of rotatable bonds is 3. The second-order valence-corrected chi connectivity index (χ2v) is 6.34. The standard InChI is InChI=1S/C14H17ClN2S/c15-9-10-5-7-11(8-6-10)16-14-17-12-3-1-2-4-13(12)18-14/h1-4,10-11H,5-9H2,(H,16,17). The molecule has 1 aromatic heterocycles. The van der Waals surface area contributed by atoms with Crippen LogP contribution in [0.15, 0.2) is 24.3 Å². The van der Waals surface area contributed by atoms with Gasteiger partial charge in [-0.2, -0.15) is 0 Å². The summed E-state index contributed by atoms with van der Waals surface area (Å²) in [5.41, 5.74) is 1.10. The molecule has 0 saturated heterocycles. The Morgan fingerprint density at radius 3 is 2.72 bits per heavy atom. The van der Waals surface area contributed by atoms with Crippen molar-refractivity contribution in [2.75, 3.05) is 11.2 Å². The fraction of sp³-hybridized carbons (Fsp3) is 0.500. The topological polar surface area (TPSA) is 24.9 Å². The van der Waals surface area contributed by atoms with E-state index in [-0.39, 0.29) is 0 Å². The van der Waals surface area contributed by atoms with Gasteiger partial charge in [-0.25, -0.2) is 4.98 Å². The molecular weight excluding hydrogens is 264 g/mol. The van der Waals surface area contributed by atoms with Gasteiger partial charge in [0.1, 0.15) is 0 Å². The highest BCUT2D eigenvalue weighted by atomic mass is 35.5. The number of nitrogens with one attached hydrogen (secondary N) is 1. The Labute approximate surface area is 116 Å². The van der Waals surface area contributed by atoms with Crippen molar-refractivity contribution in [3.8, 4) is 0 Å². The van der Waals surface area contributed by atoms with E-state index in [4.69, 9.17) is 11.6 Å². The van der Waals surface area contributed by atoms with Crippen LogP contribution in [-0.4, -0.2) is 16.9 Å². The first-order valence-electron chi connectivity index (χ1n) is 6.53. The zero-order chi connectivity index (χ0) is 12.4. The van der Waals surface area contributed by atoms with Gasteiger partial charge >= 0.3 is 0 Å². The first-order chi connectivity index (χ1) is 8.85. The first-order valence-corrected chi connectivity index (χ1v) is 7.88. The number of fused-ring (bicyclic) bond motifs is 1. The Kier molecular flexibility index (Phi) is 3.71. The third kappa shape index (κ3) is 2.62. The second kappa shape index (κ2) is 5.45. The predicted molar refractivity (Wildman–Crippen MR) is 79.7 cm³/mol. The molecule has 1 saturated carbocycles. The van der Waals surface area contributed by atoms with E-state index in [1.807, 2.05) is 6.07 Å². The zero-order valence-electron chi connectivity index (χ0n) is 10.2. The molecule has 2 nitrogen and oxygen atoms in total. The number of nitrogens with zero attached hydrogens (tertiary/aromatic N) is 1. The average molecular weight is 281 g/mol. The lowest BCUT2D eigenvalue weighted by Gasteiger charge is -2.27. The third-order valence-corrected chi connectivity index (χ3v) is 5.09. The molecule has 3 rings (SSSR count). The summed E-state index contributed by atoms with van der Waals surface area (Å²) in [6, 6.07) is 8.88. The van der Waals surface area contributed by atoms with E-state index in [9.17, 15) is 0 Å².